The third-order valence-electron chi connectivity index (χ3n) is 3.02. The molecule has 0 N–H and O–H groups in total. The summed E-state index contributed by atoms with van der Waals surface area (Å²) in [5, 5.41) is 10.7. The first-order valence-corrected chi connectivity index (χ1v) is 8.37. The van der Waals surface area contributed by atoms with Crippen LogP contribution >= 0.6 is 27.3 Å². The number of hydrogen-bond acceptors (Lipinski definition) is 6. The fourth-order valence-electron chi connectivity index (χ4n) is 1.85. The van der Waals surface area contributed by atoms with E-state index in [1.54, 1.807) is 18.2 Å². The van der Waals surface area contributed by atoms with Crippen LogP contribution in [0.15, 0.2) is 40.2 Å². The fourth-order valence-corrected chi connectivity index (χ4v) is 3.23. The molecule has 0 aliphatic rings. The first-order valence-electron chi connectivity index (χ1n) is 6.76. The van der Waals surface area contributed by atoms with Crippen molar-refractivity contribution in [3.05, 3.63) is 60.7 Å². The maximum absolute atomic E-state index is 12.1. The summed E-state index contributed by atoms with van der Waals surface area (Å²) in [5.74, 6) is -0.869. The van der Waals surface area contributed by atoms with Gasteiger partial charge in [0.2, 0.25) is 0 Å². The molecule has 0 saturated heterocycles. The summed E-state index contributed by atoms with van der Waals surface area (Å²) in [7, 11) is 1.50. The van der Waals surface area contributed by atoms with Gasteiger partial charge in [-0.3, -0.25) is 19.7 Å². The first-order chi connectivity index (χ1) is 11.4. The van der Waals surface area contributed by atoms with Crippen LogP contribution in [0.5, 0.6) is 0 Å². The molecule has 2 rings (SSSR count). The number of likely N-dealkylation sites (N-methyl/N-ethyl adjacent to an activating group) is 1. The van der Waals surface area contributed by atoms with E-state index in [-0.39, 0.29) is 24.7 Å². The van der Waals surface area contributed by atoms with Gasteiger partial charge in [-0.05, 0) is 33.6 Å². The van der Waals surface area contributed by atoms with Crippen molar-refractivity contribution in [2.45, 2.75) is 6.61 Å². The Morgan fingerprint density at radius 2 is 2.08 bits per heavy atom. The standard InChI is InChI=1S/C15H13BrN2O5S/c1-17(15(20)12-5-6-13(16)24-12)8-14(19)23-9-10-3-2-4-11(7-10)18(21)22/h2-7H,8-9H2,1H3. The Morgan fingerprint density at radius 1 is 1.33 bits per heavy atom. The Labute approximate surface area is 150 Å². The van der Waals surface area contributed by atoms with E-state index in [4.69, 9.17) is 4.74 Å². The topological polar surface area (TPSA) is 89.8 Å². The van der Waals surface area contributed by atoms with Crippen molar-refractivity contribution in [2.24, 2.45) is 0 Å². The van der Waals surface area contributed by atoms with E-state index in [1.165, 1.54) is 41.5 Å². The number of nitro groups is 1. The van der Waals surface area contributed by atoms with Crippen LogP contribution in [-0.2, 0) is 16.1 Å². The quantitative estimate of drug-likeness (QED) is 0.412. The van der Waals surface area contributed by atoms with Crippen molar-refractivity contribution in [3.8, 4) is 0 Å². The minimum absolute atomic E-state index is 0.0703. The van der Waals surface area contributed by atoms with E-state index in [9.17, 15) is 19.7 Å². The van der Waals surface area contributed by atoms with Crippen LogP contribution in [0.1, 0.15) is 15.2 Å². The summed E-state index contributed by atoms with van der Waals surface area (Å²) in [4.78, 5) is 35.9. The molecule has 9 heteroatoms. The summed E-state index contributed by atoms with van der Waals surface area (Å²) in [5.41, 5.74) is 0.438. The van der Waals surface area contributed by atoms with Crippen LogP contribution in [0.4, 0.5) is 5.69 Å². The van der Waals surface area contributed by atoms with Gasteiger partial charge in [0, 0.05) is 19.2 Å². The summed E-state index contributed by atoms with van der Waals surface area (Å²) in [6.45, 7) is -0.295. The lowest BCUT2D eigenvalue weighted by molar-refractivity contribution is -0.384. The van der Waals surface area contributed by atoms with Gasteiger partial charge < -0.3 is 9.64 Å². The number of non-ortho nitro benzene ring substituents is 1. The Hall–Kier alpha value is -2.26. The monoisotopic (exact) mass is 412 g/mol. The highest BCUT2D eigenvalue weighted by molar-refractivity contribution is 9.11. The molecule has 2 aromatic rings. The number of nitro benzene ring substituents is 1. The van der Waals surface area contributed by atoms with Gasteiger partial charge in [0.05, 0.1) is 13.6 Å². The van der Waals surface area contributed by atoms with Gasteiger partial charge in [-0.15, -0.1) is 11.3 Å². The summed E-state index contributed by atoms with van der Waals surface area (Å²) in [6.07, 6.45) is 0. The fraction of sp³-hybridized carbons (Fsp3) is 0.200. The molecule has 1 heterocycles. The van der Waals surface area contributed by atoms with Crippen LogP contribution in [0, 0.1) is 10.1 Å². The largest absolute Gasteiger partial charge is 0.459 e. The van der Waals surface area contributed by atoms with E-state index in [0.29, 0.717) is 10.4 Å². The average molecular weight is 413 g/mol. The van der Waals surface area contributed by atoms with E-state index in [0.717, 1.165) is 3.79 Å². The number of carbonyl (C=O) groups excluding carboxylic acids is 2. The minimum atomic E-state index is -0.590. The van der Waals surface area contributed by atoms with Gasteiger partial charge in [0.15, 0.2) is 0 Å². The molecule has 126 valence electrons. The summed E-state index contributed by atoms with van der Waals surface area (Å²) >= 11 is 4.55. The van der Waals surface area contributed by atoms with Crippen LogP contribution in [0.25, 0.3) is 0 Å². The van der Waals surface area contributed by atoms with Gasteiger partial charge in [0.1, 0.15) is 13.2 Å². The molecule has 0 saturated carbocycles. The average Bonchev–Trinajstić information content (AvgIpc) is 2.98. The number of ether oxygens (including phenoxy) is 1. The Balaban J connectivity index is 1.88. The van der Waals surface area contributed by atoms with Crippen LogP contribution in [0.2, 0.25) is 0 Å². The third kappa shape index (κ3) is 4.87. The van der Waals surface area contributed by atoms with Crippen molar-refractivity contribution in [1.82, 2.24) is 4.90 Å². The molecule has 24 heavy (non-hydrogen) atoms. The number of nitrogens with zero attached hydrogens (tertiary/aromatic N) is 2. The lowest BCUT2D eigenvalue weighted by atomic mass is 10.2. The number of benzene rings is 1. The second kappa shape index (κ2) is 8.02. The van der Waals surface area contributed by atoms with E-state index >= 15 is 0 Å². The zero-order valence-electron chi connectivity index (χ0n) is 12.6. The number of hydrogen-bond donors (Lipinski definition) is 0. The van der Waals surface area contributed by atoms with Gasteiger partial charge in [-0.2, -0.15) is 0 Å². The number of rotatable bonds is 6. The number of thiophene rings is 1. The lowest BCUT2D eigenvalue weighted by Crippen LogP contribution is -2.32. The highest BCUT2D eigenvalue weighted by atomic mass is 79.9. The first kappa shape index (κ1) is 18.1. The predicted molar refractivity (Wildman–Crippen MR) is 91.9 cm³/mol. The highest BCUT2D eigenvalue weighted by Crippen LogP contribution is 2.23. The van der Waals surface area contributed by atoms with E-state index in [2.05, 4.69) is 15.9 Å². The van der Waals surface area contributed by atoms with Crippen molar-refractivity contribution in [2.75, 3.05) is 13.6 Å². The number of esters is 1. The molecule has 7 nitrogen and oxygen atoms in total. The van der Waals surface area contributed by atoms with Crippen molar-refractivity contribution >= 4 is 44.8 Å². The van der Waals surface area contributed by atoms with Crippen molar-refractivity contribution in [1.29, 1.82) is 0 Å². The molecular formula is C15H13BrN2O5S. The molecule has 0 spiro atoms. The molecule has 0 atom stereocenters. The van der Waals surface area contributed by atoms with Gasteiger partial charge in [0.25, 0.3) is 11.6 Å². The predicted octanol–water partition coefficient (Wildman–Crippen LogP) is 3.23. The number of halogens is 1. The molecule has 0 unspecified atom stereocenters. The smallest absolute Gasteiger partial charge is 0.325 e. The zero-order valence-corrected chi connectivity index (χ0v) is 15.0. The maximum atomic E-state index is 12.1. The van der Waals surface area contributed by atoms with Crippen molar-refractivity contribution in [3.63, 3.8) is 0 Å². The second-order valence-corrected chi connectivity index (χ2v) is 7.32. The van der Waals surface area contributed by atoms with Crippen molar-refractivity contribution < 1.29 is 19.2 Å². The maximum Gasteiger partial charge on any atom is 0.325 e. The lowest BCUT2D eigenvalue weighted by Gasteiger charge is -2.15. The minimum Gasteiger partial charge on any atom is -0.459 e. The zero-order chi connectivity index (χ0) is 17.7. The Kier molecular flexibility index (Phi) is 6.04. The summed E-state index contributed by atoms with van der Waals surface area (Å²) in [6, 6.07) is 9.26. The number of carbonyl (C=O) groups is 2. The van der Waals surface area contributed by atoms with Crippen LogP contribution in [-0.4, -0.2) is 35.3 Å². The van der Waals surface area contributed by atoms with Gasteiger partial charge >= 0.3 is 5.97 Å². The van der Waals surface area contributed by atoms with Gasteiger partial charge in [-0.25, -0.2) is 0 Å². The SMILES string of the molecule is CN(CC(=O)OCc1cccc([N+](=O)[O-])c1)C(=O)c1ccc(Br)s1. The second-order valence-electron chi connectivity index (χ2n) is 4.85. The molecule has 0 aliphatic carbocycles. The van der Waals surface area contributed by atoms with Crippen LogP contribution < -0.4 is 0 Å². The molecule has 0 fully saturated rings. The molecule has 1 aromatic heterocycles. The van der Waals surface area contributed by atoms with E-state index < -0.39 is 10.9 Å². The van der Waals surface area contributed by atoms with Gasteiger partial charge in [-0.1, -0.05) is 12.1 Å². The molecule has 0 radical (unpaired) electrons. The highest BCUT2D eigenvalue weighted by Gasteiger charge is 2.17. The Bertz CT molecular complexity index is 777. The summed E-state index contributed by atoms with van der Waals surface area (Å²) < 4.78 is 5.89. The van der Waals surface area contributed by atoms with Crippen LogP contribution in [0.3, 0.4) is 0 Å². The third-order valence-corrected chi connectivity index (χ3v) is 4.63. The number of amides is 1. The molecule has 1 amide bonds. The molecule has 0 aliphatic heterocycles. The van der Waals surface area contributed by atoms with E-state index in [1.807, 2.05) is 0 Å². The molecular weight excluding hydrogens is 400 g/mol. The molecule has 1 aromatic carbocycles. The Morgan fingerprint density at radius 3 is 2.71 bits per heavy atom. The molecule has 0 bridgehead atoms. The normalized spacial score (nSPS) is 10.2.